The second-order valence-corrected chi connectivity index (χ2v) is 3.62. The van der Waals surface area contributed by atoms with Crippen molar-refractivity contribution in [3.63, 3.8) is 0 Å². The minimum absolute atomic E-state index is 1.16. The van der Waals surface area contributed by atoms with Crippen molar-refractivity contribution in [1.29, 1.82) is 0 Å². The highest BCUT2D eigenvalue weighted by molar-refractivity contribution is 5.28. The Bertz CT molecular complexity index is 362. The minimum atomic E-state index is 1.16. The fourth-order valence-electron chi connectivity index (χ4n) is 1.68. The van der Waals surface area contributed by atoms with Crippen LogP contribution in [0.25, 0.3) is 0 Å². The van der Waals surface area contributed by atoms with Gasteiger partial charge in [-0.25, -0.2) is 0 Å². The van der Waals surface area contributed by atoms with Gasteiger partial charge < -0.3 is 4.98 Å². The van der Waals surface area contributed by atoms with Crippen LogP contribution in [0, 0.1) is 0 Å². The van der Waals surface area contributed by atoms with Crippen LogP contribution in [0.2, 0.25) is 0 Å². The standard InChI is InChI=1S/C13H15N/c1-2-6-12(5-1)7-3-4-8-13-9-10-14-11-13/h1-2,5,9-11,14H,3-4,7-8H2. The summed E-state index contributed by atoms with van der Waals surface area (Å²) in [6.45, 7) is 0. The van der Waals surface area contributed by atoms with E-state index in [1.54, 1.807) is 0 Å². The molecule has 72 valence electrons. The van der Waals surface area contributed by atoms with Gasteiger partial charge >= 0.3 is 0 Å². The predicted molar refractivity (Wildman–Crippen MR) is 59.1 cm³/mol. The number of nitrogens with one attached hydrogen (secondary N) is 1. The van der Waals surface area contributed by atoms with Crippen molar-refractivity contribution in [3.05, 3.63) is 53.6 Å². The first kappa shape index (κ1) is 9.11. The molecule has 1 heteroatoms. The van der Waals surface area contributed by atoms with E-state index < -0.39 is 0 Å². The molecule has 0 aliphatic heterocycles. The van der Waals surface area contributed by atoms with Gasteiger partial charge in [-0.15, -0.1) is 5.73 Å². The van der Waals surface area contributed by atoms with Crippen LogP contribution in [0.3, 0.4) is 0 Å². The zero-order valence-electron chi connectivity index (χ0n) is 8.29. The van der Waals surface area contributed by atoms with Crippen LogP contribution < -0.4 is 0 Å². The smallest absolute Gasteiger partial charge is 0.00373 e. The van der Waals surface area contributed by atoms with Crippen LogP contribution >= 0.6 is 0 Å². The SMILES string of the molecule is C1=CC=CC=1CCCCc1cc[nH]c1. The summed E-state index contributed by atoms with van der Waals surface area (Å²) >= 11 is 0. The molecule has 0 amide bonds. The van der Waals surface area contributed by atoms with Crippen molar-refractivity contribution in [1.82, 2.24) is 4.98 Å². The van der Waals surface area contributed by atoms with Gasteiger partial charge in [0.05, 0.1) is 0 Å². The summed E-state index contributed by atoms with van der Waals surface area (Å²) in [6.07, 6.45) is 15.1. The summed E-state index contributed by atoms with van der Waals surface area (Å²) in [5.74, 6) is 0. The monoisotopic (exact) mass is 185 g/mol. The van der Waals surface area contributed by atoms with Gasteiger partial charge in [-0.05, 0) is 49.0 Å². The minimum Gasteiger partial charge on any atom is -0.367 e. The molecule has 1 aliphatic rings. The van der Waals surface area contributed by atoms with Gasteiger partial charge in [0.1, 0.15) is 0 Å². The molecule has 1 aliphatic carbocycles. The van der Waals surface area contributed by atoms with Gasteiger partial charge in [0.15, 0.2) is 0 Å². The molecule has 0 saturated carbocycles. The van der Waals surface area contributed by atoms with E-state index in [0.717, 1.165) is 6.42 Å². The maximum atomic E-state index is 3.22. The van der Waals surface area contributed by atoms with E-state index in [1.165, 1.54) is 30.4 Å². The lowest BCUT2D eigenvalue weighted by atomic mass is 10.1. The fraction of sp³-hybridized carbons (Fsp3) is 0.308. The highest BCUT2D eigenvalue weighted by Crippen LogP contribution is 2.13. The third kappa shape index (κ3) is 2.51. The van der Waals surface area contributed by atoms with Crippen molar-refractivity contribution in [2.75, 3.05) is 0 Å². The van der Waals surface area contributed by atoms with Crippen molar-refractivity contribution >= 4 is 0 Å². The molecule has 14 heavy (non-hydrogen) atoms. The number of H-pyrrole nitrogens is 1. The molecule has 1 nitrogen and oxygen atoms in total. The lowest BCUT2D eigenvalue weighted by Crippen LogP contribution is -1.83. The third-order valence-corrected chi connectivity index (χ3v) is 2.49. The molecule has 0 spiro atoms. The molecule has 2 rings (SSSR count). The topological polar surface area (TPSA) is 15.8 Å². The summed E-state index contributed by atoms with van der Waals surface area (Å²) in [4.78, 5) is 3.08. The summed E-state index contributed by atoms with van der Waals surface area (Å²) in [5, 5.41) is 0. The Kier molecular flexibility index (Phi) is 3.05. The first-order valence-corrected chi connectivity index (χ1v) is 5.19. The Balaban J connectivity index is 1.64. The van der Waals surface area contributed by atoms with Gasteiger partial charge in [-0.2, -0.15) is 0 Å². The highest BCUT2D eigenvalue weighted by atomic mass is 14.6. The molecule has 1 aromatic heterocycles. The number of hydrogen-bond donors (Lipinski definition) is 1. The Morgan fingerprint density at radius 3 is 2.86 bits per heavy atom. The van der Waals surface area contributed by atoms with Gasteiger partial charge in [0.2, 0.25) is 0 Å². The number of allylic oxidation sites excluding steroid dienone is 3. The van der Waals surface area contributed by atoms with Crippen LogP contribution in [0.5, 0.6) is 0 Å². The Morgan fingerprint density at radius 1 is 1.21 bits per heavy atom. The molecular formula is C13H15N. The van der Waals surface area contributed by atoms with Crippen LogP contribution in [-0.4, -0.2) is 4.98 Å². The van der Waals surface area contributed by atoms with Crippen molar-refractivity contribution in [2.24, 2.45) is 0 Å². The number of aromatic nitrogens is 1. The maximum absolute atomic E-state index is 3.22. The Morgan fingerprint density at radius 2 is 2.14 bits per heavy atom. The van der Waals surface area contributed by atoms with Crippen LogP contribution in [-0.2, 0) is 6.42 Å². The second-order valence-electron chi connectivity index (χ2n) is 3.62. The Labute approximate surface area is 84.9 Å². The number of aryl methyl sites for hydroxylation is 1. The van der Waals surface area contributed by atoms with Gasteiger partial charge in [-0.3, -0.25) is 0 Å². The summed E-state index contributed by atoms with van der Waals surface area (Å²) in [6, 6.07) is 2.15. The van der Waals surface area contributed by atoms with E-state index in [1.807, 2.05) is 12.3 Å². The molecule has 0 fully saturated rings. The van der Waals surface area contributed by atoms with Crippen LogP contribution in [0.4, 0.5) is 0 Å². The van der Waals surface area contributed by atoms with Crippen molar-refractivity contribution in [2.45, 2.75) is 25.7 Å². The van der Waals surface area contributed by atoms with Gasteiger partial charge in [-0.1, -0.05) is 12.2 Å². The first-order chi connectivity index (χ1) is 6.95. The largest absolute Gasteiger partial charge is 0.367 e. The van der Waals surface area contributed by atoms with Crippen molar-refractivity contribution < 1.29 is 0 Å². The second kappa shape index (κ2) is 4.69. The highest BCUT2D eigenvalue weighted by Gasteiger charge is 1.96. The van der Waals surface area contributed by atoms with E-state index in [2.05, 4.69) is 35.1 Å². The van der Waals surface area contributed by atoms with Crippen molar-refractivity contribution in [3.8, 4) is 0 Å². The number of unbranched alkanes of at least 4 members (excludes halogenated alkanes) is 1. The van der Waals surface area contributed by atoms with E-state index >= 15 is 0 Å². The lowest BCUT2D eigenvalue weighted by Gasteiger charge is -1.98. The molecule has 1 N–H and O–H groups in total. The average Bonchev–Trinajstić information content (AvgIpc) is 2.86. The molecule has 0 atom stereocenters. The quantitative estimate of drug-likeness (QED) is 0.534. The Hall–Kier alpha value is -1.46. The van der Waals surface area contributed by atoms with E-state index in [0.29, 0.717) is 0 Å². The zero-order chi connectivity index (χ0) is 9.64. The number of hydrogen-bond acceptors (Lipinski definition) is 0. The molecule has 0 aromatic carbocycles. The average molecular weight is 185 g/mol. The molecule has 1 aromatic rings. The predicted octanol–water partition coefficient (Wildman–Crippen LogP) is 3.38. The van der Waals surface area contributed by atoms with Gasteiger partial charge in [0.25, 0.3) is 0 Å². The van der Waals surface area contributed by atoms with E-state index in [9.17, 15) is 0 Å². The normalized spacial score (nSPS) is 13.6. The first-order valence-electron chi connectivity index (χ1n) is 5.19. The van der Waals surface area contributed by atoms with Crippen LogP contribution in [0.15, 0.2) is 48.0 Å². The van der Waals surface area contributed by atoms with Gasteiger partial charge in [0, 0.05) is 12.4 Å². The molecule has 0 unspecified atom stereocenters. The molecule has 0 saturated heterocycles. The fourth-order valence-corrected chi connectivity index (χ4v) is 1.68. The zero-order valence-corrected chi connectivity index (χ0v) is 8.29. The number of rotatable bonds is 5. The molecule has 0 radical (unpaired) electrons. The molecule has 0 bridgehead atoms. The van der Waals surface area contributed by atoms with E-state index in [4.69, 9.17) is 0 Å². The summed E-state index contributed by atoms with van der Waals surface area (Å²) < 4.78 is 0. The maximum Gasteiger partial charge on any atom is 0.00373 e. The van der Waals surface area contributed by atoms with Crippen LogP contribution in [0.1, 0.15) is 24.8 Å². The molecular weight excluding hydrogens is 170 g/mol. The number of aromatic amines is 1. The summed E-state index contributed by atoms with van der Waals surface area (Å²) in [7, 11) is 0. The molecule has 1 heterocycles. The lowest BCUT2D eigenvalue weighted by molar-refractivity contribution is 0.738. The van der Waals surface area contributed by atoms with E-state index in [-0.39, 0.29) is 0 Å². The summed E-state index contributed by atoms with van der Waals surface area (Å²) in [5.41, 5.74) is 5.98. The third-order valence-electron chi connectivity index (χ3n) is 2.49.